The Morgan fingerprint density at radius 2 is 2.03 bits per heavy atom. The third-order valence-electron chi connectivity index (χ3n) is 6.25. The quantitative estimate of drug-likeness (QED) is 0.289. The number of rotatable bonds is 3. The van der Waals surface area contributed by atoms with Crippen LogP contribution in [-0.4, -0.2) is 97.1 Å². The number of ether oxygens (including phenoxy) is 5. The lowest BCUT2D eigenvalue weighted by Gasteiger charge is -2.53. The summed E-state index contributed by atoms with van der Waals surface area (Å²) in [6.07, 6.45) is -3.64. The second-order valence-electron chi connectivity index (χ2n) is 8.02. The van der Waals surface area contributed by atoms with Crippen LogP contribution < -0.4 is 5.73 Å². The Kier molecular flexibility index (Phi) is 4.86. The van der Waals surface area contributed by atoms with Crippen LogP contribution in [0.5, 0.6) is 0 Å². The van der Waals surface area contributed by atoms with Gasteiger partial charge in [-0.05, 0) is 0 Å². The van der Waals surface area contributed by atoms with E-state index < -0.39 is 60.7 Å². The van der Waals surface area contributed by atoms with Gasteiger partial charge in [-0.2, -0.15) is 0 Å². The van der Waals surface area contributed by atoms with Crippen LogP contribution in [-0.2, 0) is 28.5 Å². The van der Waals surface area contributed by atoms with Crippen molar-refractivity contribution in [3.05, 3.63) is 12.7 Å². The maximum absolute atomic E-state index is 11.9. The molecule has 0 aromatic carbocycles. The molecular formula is C18H23N5O9. The number of esters is 1. The predicted octanol–water partition coefficient (Wildman–Crippen LogP) is -2.19. The first-order chi connectivity index (χ1) is 15.2. The van der Waals surface area contributed by atoms with Gasteiger partial charge in [0, 0.05) is 20.0 Å². The lowest BCUT2D eigenvalue weighted by atomic mass is 9.83. The Bertz CT molecular complexity index is 1050. The zero-order chi connectivity index (χ0) is 22.8. The van der Waals surface area contributed by atoms with Gasteiger partial charge in [0.05, 0.1) is 19.5 Å². The minimum Gasteiger partial charge on any atom is -0.467 e. The van der Waals surface area contributed by atoms with Gasteiger partial charge in [0.15, 0.2) is 23.8 Å². The summed E-state index contributed by atoms with van der Waals surface area (Å²) in [4.78, 5) is 24.3. The molecule has 2 aromatic rings. The summed E-state index contributed by atoms with van der Waals surface area (Å²) < 4.78 is 29.4. The number of imidazole rings is 1. The maximum Gasteiger partial charge on any atom is 0.335 e. The largest absolute Gasteiger partial charge is 0.467 e. The number of methoxy groups -OCH3 is 2. The molecule has 5 rings (SSSR count). The topological polar surface area (TPSA) is 194 Å². The van der Waals surface area contributed by atoms with Crippen molar-refractivity contribution >= 4 is 23.0 Å². The summed E-state index contributed by atoms with van der Waals surface area (Å²) >= 11 is 0. The zero-order valence-corrected chi connectivity index (χ0v) is 17.2. The summed E-state index contributed by atoms with van der Waals surface area (Å²) in [6.45, 7) is 0. The van der Waals surface area contributed by atoms with Crippen LogP contribution in [0, 0.1) is 0 Å². The lowest BCUT2D eigenvalue weighted by molar-refractivity contribution is -0.456. The highest BCUT2D eigenvalue weighted by atomic mass is 16.7. The van der Waals surface area contributed by atoms with Crippen molar-refractivity contribution in [2.24, 2.45) is 0 Å². The number of hydrogen-bond acceptors (Lipinski definition) is 13. The molecule has 0 spiro atoms. The van der Waals surface area contributed by atoms with Crippen LogP contribution in [0.1, 0.15) is 19.1 Å². The van der Waals surface area contributed by atoms with Crippen molar-refractivity contribution in [3.8, 4) is 0 Å². The van der Waals surface area contributed by atoms with Gasteiger partial charge in [-0.15, -0.1) is 0 Å². The third-order valence-corrected chi connectivity index (χ3v) is 6.25. The maximum atomic E-state index is 11.9. The van der Waals surface area contributed by atoms with Crippen LogP contribution >= 0.6 is 0 Å². The minimum atomic E-state index is -2.79. The molecular weight excluding hydrogens is 430 g/mol. The Balaban J connectivity index is 1.48. The number of hydrogen-bond donors (Lipinski definition) is 4. The molecule has 5 heterocycles. The van der Waals surface area contributed by atoms with Gasteiger partial charge in [-0.1, -0.05) is 0 Å². The molecule has 14 nitrogen and oxygen atoms in total. The zero-order valence-electron chi connectivity index (χ0n) is 17.2. The fraction of sp³-hybridized carbons (Fsp3) is 0.667. The van der Waals surface area contributed by atoms with Crippen LogP contribution in [0.2, 0.25) is 0 Å². The predicted molar refractivity (Wildman–Crippen MR) is 101 cm³/mol. The molecule has 2 aromatic heterocycles. The highest BCUT2D eigenvalue weighted by Gasteiger charge is 2.68. The molecule has 3 fully saturated rings. The second kappa shape index (κ2) is 7.28. The first-order valence-corrected chi connectivity index (χ1v) is 9.89. The van der Waals surface area contributed by atoms with E-state index in [0.29, 0.717) is 11.2 Å². The van der Waals surface area contributed by atoms with Crippen molar-refractivity contribution in [2.75, 3.05) is 20.0 Å². The molecule has 1 unspecified atom stereocenters. The van der Waals surface area contributed by atoms with Crippen molar-refractivity contribution in [1.82, 2.24) is 19.5 Å². The molecule has 3 saturated heterocycles. The number of anilines is 1. The van der Waals surface area contributed by atoms with E-state index in [1.165, 1.54) is 19.8 Å². The average Bonchev–Trinajstić information content (AvgIpc) is 3.33. The Hall–Kier alpha value is -2.46. The lowest BCUT2D eigenvalue weighted by Crippen LogP contribution is -2.73. The van der Waals surface area contributed by atoms with E-state index in [0.717, 1.165) is 7.11 Å². The van der Waals surface area contributed by atoms with Gasteiger partial charge in [0.1, 0.15) is 30.2 Å². The first-order valence-electron chi connectivity index (χ1n) is 9.89. The Morgan fingerprint density at radius 1 is 1.25 bits per heavy atom. The Labute approximate surface area is 180 Å². The van der Waals surface area contributed by atoms with Gasteiger partial charge in [0.2, 0.25) is 11.6 Å². The van der Waals surface area contributed by atoms with Crippen molar-refractivity contribution in [2.45, 2.75) is 61.2 Å². The number of nitrogen functional groups attached to an aromatic ring is 1. The van der Waals surface area contributed by atoms with Gasteiger partial charge >= 0.3 is 5.97 Å². The van der Waals surface area contributed by atoms with Gasteiger partial charge in [0.25, 0.3) is 0 Å². The summed E-state index contributed by atoms with van der Waals surface area (Å²) in [5.74, 6) is -5.93. The van der Waals surface area contributed by atoms with E-state index in [4.69, 9.17) is 24.7 Å². The molecule has 0 radical (unpaired) electrons. The molecule has 7 atom stereocenters. The van der Waals surface area contributed by atoms with Crippen LogP contribution in [0.15, 0.2) is 12.7 Å². The molecule has 32 heavy (non-hydrogen) atoms. The minimum absolute atomic E-state index is 0.0162. The van der Waals surface area contributed by atoms with E-state index in [1.807, 2.05) is 0 Å². The highest BCUT2D eigenvalue weighted by Crippen LogP contribution is 2.49. The first kappa shape index (κ1) is 21.4. The summed E-state index contributed by atoms with van der Waals surface area (Å²) in [7, 11) is 2.58. The number of aliphatic hydroxyl groups is 3. The van der Waals surface area contributed by atoms with E-state index in [2.05, 4.69) is 19.7 Å². The number of fused-ring (bicyclic) bond motifs is 3. The smallest absolute Gasteiger partial charge is 0.335 e. The molecule has 3 aliphatic heterocycles. The number of nitrogens with two attached hydrogens (primary N) is 1. The van der Waals surface area contributed by atoms with E-state index in [1.54, 1.807) is 4.57 Å². The molecule has 174 valence electrons. The van der Waals surface area contributed by atoms with Crippen molar-refractivity contribution < 1.29 is 43.8 Å². The molecule has 0 saturated carbocycles. The molecule has 3 aliphatic rings. The monoisotopic (exact) mass is 453 g/mol. The number of carbonyl (C=O) groups excluding carboxylic acids is 1. The van der Waals surface area contributed by atoms with Gasteiger partial charge in [-0.25, -0.2) is 19.7 Å². The number of carbonyl (C=O) groups is 1. The van der Waals surface area contributed by atoms with Crippen molar-refractivity contribution in [1.29, 1.82) is 0 Å². The van der Waals surface area contributed by atoms with Crippen LogP contribution in [0.3, 0.4) is 0 Å². The number of aromatic nitrogens is 4. The molecule has 0 amide bonds. The fourth-order valence-electron chi connectivity index (χ4n) is 4.65. The number of nitrogens with zero attached hydrogens (tertiary/aromatic N) is 4. The average molecular weight is 453 g/mol. The van der Waals surface area contributed by atoms with E-state index in [-0.39, 0.29) is 12.2 Å². The summed E-state index contributed by atoms with van der Waals surface area (Å²) in [5.41, 5.74) is 6.64. The third kappa shape index (κ3) is 2.92. The normalized spacial score (nSPS) is 38.3. The molecule has 5 N–H and O–H groups in total. The summed E-state index contributed by atoms with van der Waals surface area (Å²) in [5, 5.41) is 32.3. The highest BCUT2D eigenvalue weighted by molar-refractivity contribution is 5.81. The molecule has 0 bridgehead atoms. The molecule has 0 aliphatic carbocycles. The SMILES string of the molecule is COC(=O)[C@@H]1CC(O)(O)[C@]2(O)O[C@H]3[C@@H](C[C@H]2O1)OC(n1cnc2c(N)ncnc21)[C@@H]3OC. The second-order valence-corrected chi connectivity index (χ2v) is 8.02. The standard InChI is InChI=1S/C18H23N5O9/c1-28-12-11-7(31-15(12)23-6-22-10-13(19)20-5-21-14(10)23)3-9-18(27,32-11)17(25,26)4-8(30-9)16(24)29-2/h5-9,11-12,15,25-27H,3-4H2,1-2H3,(H2,19,20,21)/t7-,8+,9-,11+,12-,15?,18-/m1/s1. The van der Waals surface area contributed by atoms with Gasteiger partial charge in [-0.3, -0.25) is 4.57 Å². The van der Waals surface area contributed by atoms with E-state index >= 15 is 0 Å². The van der Waals surface area contributed by atoms with Gasteiger partial charge < -0.3 is 44.7 Å². The Morgan fingerprint density at radius 3 is 2.75 bits per heavy atom. The van der Waals surface area contributed by atoms with Crippen molar-refractivity contribution in [3.63, 3.8) is 0 Å². The van der Waals surface area contributed by atoms with Crippen LogP contribution in [0.25, 0.3) is 11.2 Å². The fourth-order valence-corrected chi connectivity index (χ4v) is 4.65. The summed E-state index contributed by atoms with van der Waals surface area (Å²) in [6, 6.07) is 0. The molecule has 14 heteroatoms. The van der Waals surface area contributed by atoms with Crippen LogP contribution in [0.4, 0.5) is 5.82 Å². The van der Waals surface area contributed by atoms with E-state index in [9.17, 15) is 20.1 Å².